The van der Waals surface area contributed by atoms with Gasteiger partial charge in [0.1, 0.15) is 0 Å². The van der Waals surface area contributed by atoms with Crippen LogP contribution in [0.1, 0.15) is 45.4 Å². The van der Waals surface area contributed by atoms with Gasteiger partial charge in [0.2, 0.25) is 0 Å². The number of hydrogen-bond acceptors (Lipinski definition) is 2. The third-order valence-corrected chi connectivity index (χ3v) is 3.69. The summed E-state index contributed by atoms with van der Waals surface area (Å²) >= 11 is 0. The Kier molecular flexibility index (Phi) is 3.23. The average Bonchev–Trinajstić information content (AvgIpc) is 2.43. The number of rotatable bonds is 1. The molecule has 2 fully saturated rings. The highest BCUT2D eigenvalue weighted by Crippen LogP contribution is 2.32. The molecule has 1 saturated heterocycles. The minimum atomic E-state index is 0.572. The van der Waals surface area contributed by atoms with Gasteiger partial charge in [0.15, 0.2) is 0 Å². The highest BCUT2D eigenvalue weighted by Gasteiger charge is 2.31. The molecule has 0 amide bonds. The Balaban J connectivity index is 1.89. The fourth-order valence-electron chi connectivity index (χ4n) is 2.79. The van der Waals surface area contributed by atoms with Crippen LogP contribution in [0.25, 0.3) is 0 Å². The van der Waals surface area contributed by atoms with Crippen LogP contribution in [-0.2, 0) is 4.84 Å². The summed E-state index contributed by atoms with van der Waals surface area (Å²) in [5.41, 5.74) is 3.09. The van der Waals surface area contributed by atoms with Crippen molar-refractivity contribution >= 4 is 0 Å². The third-order valence-electron chi connectivity index (χ3n) is 3.69. The molecule has 0 bridgehead atoms. The van der Waals surface area contributed by atoms with Crippen LogP contribution in [0.5, 0.6) is 0 Å². The monoisotopic (exact) mass is 183 g/mol. The molecule has 2 heteroatoms. The lowest BCUT2D eigenvalue weighted by Crippen LogP contribution is -2.28. The van der Waals surface area contributed by atoms with Gasteiger partial charge in [-0.2, -0.15) is 5.48 Å². The van der Waals surface area contributed by atoms with Crippen LogP contribution in [0.2, 0.25) is 0 Å². The first-order chi connectivity index (χ1) is 6.38. The molecule has 0 aromatic carbocycles. The largest absolute Gasteiger partial charge is 0.301 e. The lowest BCUT2D eigenvalue weighted by atomic mass is 9.83. The van der Waals surface area contributed by atoms with E-state index >= 15 is 0 Å². The Morgan fingerprint density at radius 1 is 1.08 bits per heavy atom. The van der Waals surface area contributed by atoms with Crippen LogP contribution in [-0.4, -0.2) is 12.6 Å². The maximum absolute atomic E-state index is 5.31. The van der Waals surface area contributed by atoms with Gasteiger partial charge in [-0.25, -0.2) is 0 Å². The molecule has 2 unspecified atom stereocenters. The van der Waals surface area contributed by atoms with Gasteiger partial charge in [0.25, 0.3) is 0 Å². The molecule has 0 spiro atoms. The zero-order valence-electron chi connectivity index (χ0n) is 8.59. The van der Waals surface area contributed by atoms with Gasteiger partial charge in [-0.1, -0.05) is 38.5 Å². The first-order valence-electron chi connectivity index (χ1n) is 5.75. The molecule has 76 valence electrons. The summed E-state index contributed by atoms with van der Waals surface area (Å²) in [6.07, 6.45) is 8.64. The van der Waals surface area contributed by atoms with E-state index in [4.69, 9.17) is 4.84 Å². The highest BCUT2D eigenvalue weighted by atomic mass is 16.7. The van der Waals surface area contributed by atoms with Gasteiger partial charge in [0.05, 0.1) is 6.61 Å². The maximum atomic E-state index is 5.31. The Morgan fingerprint density at radius 3 is 2.31 bits per heavy atom. The molecule has 2 nitrogen and oxygen atoms in total. The zero-order chi connectivity index (χ0) is 9.10. The molecule has 1 aliphatic heterocycles. The van der Waals surface area contributed by atoms with Crippen LogP contribution in [0.4, 0.5) is 0 Å². The number of hydrogen-bond donors (Lipinski definition) is 1. The summed E-state index contributed by atoms with van der Waals surface area (Å²) in [6.45, 7) is 3.19. The van der Waals surface area contributed by atoms with Crippen LogP contribution in [0, 0.1) is 11.8 Å². The Labute approximate surface area is 81.0 Å². The molecular weight excluding hydrogens is 162 g/mol. The second kappa shape index (κ2) is 4.43. The molecule has 1 saturated carbocycles. The van der Waals surface area contributed by atoms with Crippen molar-refractivity contribution in [3.05, 3.63) is 0 Å². The quantitative estimate of drug-likeness (QED) is 0.631. The zero-order valence-corrected chi connectivity index (χ0v) is 8.59. The van der Waals surface area contributed by atoms with E-state index in [1.165, 1.54) is 38.5 Å². The predicted octanol–water partition coefficient (Wildman–Crippen LogP) is 2.50. The Morgan fingerprint density at radius 2 is 1.77 bits per heavy atom. The lowest BCUT2D eigenvalue weighted by Gasteiger charge is -2.23. The third kappa shape index (κ3) is 2.23. The lowest BCUT2D eigenvalue weighted by molar-refractivity contribution is 0.0852. The van der Waals surface area contributed by atoms with Crippen molar-refractivity contribution in [2.75, 3.05) is 6.61 Å². The van der Waals surface area contributed by atoms with Crippen molar-refractivity contribution in [3.8, 4) is 0 Å². The fraction of sp³-hybridized carbons (Fsp3) is 1.00. The van der Waals surface area contributed by atoms with Gasteiger partial charge in [0, 0.05) is 12.0 Å². The fourth-order valence-corrected chi connectivity index (χ4v) is 2.79. The van der Waals surface area contributed by atoms with Gasteiger partial charge in [-0.3, -0.25) is 0 Å². The van der Waals surface area contributed by atoms with E-state index < -0.39 is 0 Å². The van der Waals surface area contributed by atoms with Gasteiger partial charge >= 0.3 is 0 Å². The van der Waals surface area contributed by atoms with E-state index in [0.29, 0.717) is 6.04 Å². The number of hydroxylamine groups is 1. The molecule has 2 atom stereocenters. The summed E-state index contributed by atoms with van der Waals surface area (Å²) in [7, 11) is 0. The minimum absolute atomic E-state index is 0.572. The van der Waals surface area contributed by atoms with Crippen molar-refractivity contribution in [2.45, 2.75) is 51.5 Å². The first-order valence-corrected chi connectivity index (χ1v) is 5.75. The van der Waals surface area contributed by atoms with Crippen molar-refractivity contribution in [3.63, 3.8) is 0 Å². The molecule has 0 aromatic rings. The minimum Gasteiger partial charge on any atom is -0.301 e. The normalized spacial score (nSPS) is 37.6. The molecule has 13 heavy (non-hydrogen) atoms. The van der Waals surface area contributed by atoms with E-state index in [1.807, 2.05) is 0 Å². The van der Waals surface area contributed by atoms with E-state index in [1.54, 1.807) is 0 Å². The topological polar surface area (TPSA) is 21.3 Å². The second-order valence-corrected chi connectivity index (χ2v) is 4.63. The van der Waals surface area contributed by atoms with E-state index in [2.05, 4.69) is 12.4 Å². The second-order valence-electron chi connectivity index (χ2n) is 4.63. The molecule has 2 aliphatic rings. The maximum Gasteiger partial charge on any atom is 0.0728 e. The van der Waals surface area contributed by atoms with E-state index in [0.717, 1.165) is 18.4 Å². The predicted molar refractivity (Wildman–Crippen MR) is 53.2 cm³/mol. The molecular formula is C11H21NO. The van der Waals surface area contributed by atoms with Crippen molar-refractivity contribution < 1.29 is 4.84 Å². The van der Waals surface area contributed by atoms with Crippen LogP contribution < -0.4 is 5.48 Å². The molecule has 1 aliphatic carbocycles. The van der Waals surface area contributed by atoms with Gasteiger partial charge in [-0.05, 0) is 12.8 Å². The SMILES string of the molecule is CC1NOCC1C1CCCCCC1. The first kappa shape index (κ1) is 9.47. The summed E-state index contributed by atoms with van der Waals surface area (Å²) < 4.78 is 0. The van der Waals surface area contributed by atoms with Crippen LogP contribution in [0.15, 0.2) is 0 Å². The molecule has 0 aromatic heterocycles. The van der Waals surface area contributed by atoms with E-state index in [-0.39, 0.29) is 0 Å². The van der Waals surface area contributed by atoms with E-state index in [9.17, 15) is 0 Å². The standard InChI is InChI=1S/C11H21NO/c1-9-11(8-13-12-9)10-6-4-2-3-5-7-10/h9-12H,2-8H2,1H3. The van der Waals surface area contributed by atoms with Crippen LogP contribution >= 0.6 is 0 Å². The molecule has 2 rings (SSSR count). The summed E-state index contributed by atoms with van der Waals surface area (Å²) in [5, 5.41) is 0. The molecule has 0 radical (unpaired) electrons. The summed E-state index contributed by atoms with van der Waals surface area (Å²) in [4.78, 5) is 5.31. The van der Waals surface area contributed by atoms with Gasteiger partial charge < -0.3 is 4.84 Å². The van der Waals surface area contributed by atoms with Crippen molar-refractivity contribution in [1.29, 1.82) is 0 Å². The highest BCUT2D eigenvalue weighted by molar-refractivity contribution is 4.81. The van der Waals surface area contributed by atoms with Crippen molar-refractivity contribution in [2.24, 2.45) is 11.8 Å². The molecule has 1 heterocycles. The Bertz CT molecular complexity index is 152. The smallest absolute Gasteiger partial charge is 0.0728 e. The Hall–Kier alpha value is -0.0800. The summed E-state index contributed by atoms with van der Waals surface area (Å²) in [6, 6.07) is 0.572. The van der Waals surface area contributed by atoms with Crippen LogP contribution in [0.3, 0.4) is 0 Å². The molecule has 1 N–H and O–H groups in total. The number of nitrogens with one attached hydrogen (secondary N) is 1. The average molecular weight is 183 g/mol. The summed E-state index contributed by atoms with van der Waals surface area (Å²) in [5.74, 6) is 1.70. The van der Waals surface area contributed by atoms with Gasteiger partial charge in [-0.15, -0.1) is 0 Å². The van der Waals surface area contributed by atoms with Crippen molar-refractivity contribution in [1.82, 2.24) is 5.48 Å².